The van der Waals surface area contributed by atoms with Gasteiger partial charge in [0.1, 0.15) is 0 Å². The molecule has 0 spiro atoms. The van der Waals surface area contributed by atoms with E-state index in [1.165, 1.54) is 31.3 Å². The molecule has 0 saturated carbocycles. The van der Waals surface area contributed by atoms with E-state index in [4.69, 9.17) is 13.9 Å². The van der Waals surface area contributed by atoms with E-state index in [9.17, 15) is 14.4 Å². The van der Waals surface area contributed by atoms with Crippen LogP contribution < -0.4 is 15.1 Å². The first-order chi connectivity index (χ1) is 11.5. The van der Waals surface area contributed by atoms with Gasteiger partial charge in [0.2, 0.25) is 5.75 Å². The highest BCUT2D eigenvalue weighted by Crippen LogP contribution is 2.37. The lowest BCUT2D eigenvalue weighted by Gasteiger charge is -2.10. The molecule has 0 saturated heterocycles. The Morgan fingerprint density at radius 1 is 1.08 bits per heavy atom. The molecule has 3 rings (SSSR count). The van der Waals surface area contributed by atoms with Crippen LogP contribution in [0.2, 0.25) is 0 Å². The minimum Gasteiger partial charge on any atom is -0.423 e. The van der Waals surface area contributed by atoms with E-state index in [2.05, 4.69) is 0 Å². The number of esters is 2. The molecule has 0 atom stereocenters. The fourth-order valence-corrected chi connectivity index (χ4v) is 2.95. The van der Waals surface area contributed by atoms with E-state index in [0.717, 1.165) is 4.88 Å². The van der Waals surface area contributed by atoms with Gasteiger partial charge in [-0.2, -0.15) is 0 Å². The van der Waals surface area contributed by atoms with Crippen molar-refractivity contribution in [1.82, 2.24) is 0 Å². The van der Waals surface area contributed by atoms with Crippen molar-refractivity contribution in [2.45, 2.75) is 13.8 Å². The summed E-state index contributed by atoms with van der Waals surface area (Å²) < 4.78 is 15.5. The summed E-state index contributed by atoms with van der Waals surface area (Å²) in [5.74, 6) is -1.29. The third-order valence-electron chi connectivity index (χ3n) is 3.11. The minimum atomic E-state index is -0.624. The van der Waals surface area contributed by atoms with Gasteiger partial charge < -0.3 is 13.9 Å². The predicted octanol–water partition coefficient (Wildman–Crippen LogP) is 3.37. The second kappa shape index (κ2) is 6.29. The quantitative estimate of drug-likeness (QED) is 0.411. The summed E-state index contributed by atoms with van der Waals surface area (Å²) >= 11 is 1.41. The lowest BCUT2D eigenvalue weighted by molar-refractivity contribution is -0.134. The first-order valence-corrected chi connectivity index (χ1v) is 7.85. The van der Waals surface area contributed by atoms with Gasteiger partial charge in [0, 0.05) is 24.1 Å². The maximum absolute atomic E-state index is 12.3. The summed E-state index contributed by atoms with van der Waals surface area (Å²) in [5.41, 5.74) is -0.112. The van der Waals surface area contributed by atoms with Gasteiger partial charge in [-0.25, -0.2) is 4.79 Å². The second-order valence-corrected chi connectivity index (χ2v) is 5.87. The Kier molecular flexibility index (Phi) is 4.18. The van der Waals surface area contributed by atoms with Crippen molar-refractivity contribution in [3.8, 4) is 21.9 Å². The number of thiophene rings is 1. The summed E-state index contributed by atoms with van der Waals surface area (Å²) in [5, 5.41) is 2.40. The number of carbonyl (C=O) groups is 2. The molecule has 0 amide bonds. The van der Waals surface area contributed by atoms with E-state index in [1.807, 2.05) is 17.5 Å². The molecule has 1 aromatic carbocycles. The second-order valence-electron chi connectivity index (χ2n) is 4.92. The Morgan fingerprint density at radius 2 is 1.83 bits per heavy atom. The molecule has 3 aromatic rings. The zero-order valence-corrected chi connectivity index (χ0v) is 13.6. The third-order valence-corrected chi connectivity index (χ3v) is 4.01. The molecular formula is C17H12O6S. The molecule has 0 aliphatic heterocycles. The molecule has 0 fully saturated rings. The number of ether oxygens (including phenoxy) is 2. The van der Waals surface area contributed by atoms with Crippen molar-refractivity contribution < 1.29 is 23.5 Å². The van der Waals surface area contributed by atoms with Crippen LogP contribution in [0.1, 0.15) is 13.8 Å². The van der Waals surface area contributed by atoms with Crippen LogP contribution in [0, 0.1) is 0 Å². The number of benzene rings is 1. The van der Waals surface area contributed by atoms with Crippen LogP contribution in [0.5, 0.6) is 11.5 Å². The SMILES string of the molecule is CC(=O)Oc1ccc2cc(-c3cccs3)c(=O)oc2c1OC(C)=O. The van der Waals surface area contributed by atoms with E-state index in [-0.39, 0.29) is 17.1 Å². The third kappa shape index (κ3) is 3.07. The van der Waals surface area contributed by atoms with Crippen molar-refractivity contribution in [1.29, 1.82) is 0 Å². The Balaban J connectivity index is 2.25. The van der Waals surface area contributed by atoms with Crippen molar-refractivity contribution in [2.75, 3.05) is 0 Å². The van der Waals surface area contributed by atoms with E-state index in [0.29, 0.717) is 10.9 Å². The monoisotopic (exact) mass is 344 g/mol. The Labute approximate surface area is 140 Å². The van der Waals surface area contributed by atoms with Gasteiger partial charge in [-0.05, 0) is 29.6 Å². The number of carbonyl (C=O) groups excluding carboxylic acids is 2. The normalized spacial score (nSPS) is 10.6. The zero-order chi connectivity index (χ0) is 17.3. The summed E-state index contributed by atoms with van der Waals surface area (Å²) in [6, 6.07) is 8.40. The smallest absolute Gasteiger partial charge is 0.345 e. The highest BCUT2D eigenvalue weighted by Gasteiger charge is 2.19. The van der Waals surface area contributed by atoms with Crippen molar-refractivity contribution in [3.63, 3.8) is 0 Å². The largest absolute Gasteiger partial charge is 0.423 e. The fourth-order valence-electron chi connectivity index (χ4n) is 2.22. The molecule has 0 radical (unpaired) electrons. The van der Waals surface area contributed by atoms with Gasteiger partial charge in [-0.15, -0.1) is 11.3 Å². The molecule has 7 heteroatoms. The maximum Gasteiger partial charge on any atom is 0.345 e. The van der Waals surface area contributed by atoms with Crippen LogP contribution in [-0.4, -0.2) is 11.9 Å². The highest BCUT2D eigenvalue weighted by atomic mass is 32.1. The number of hydrogen-bond acceptors (Lipinski definition) is 7. The molecule has 0 bridgehead atoms. The fraction of sp³-hybridized carbons (Fsp3) is 0.118. The molecule has 0 N–H and O–H groups in total. The van der Waals surface area contributed by atoms with Crippen LogP contribution in [0.15, 0.2) is 44.9 Å². The highest BCUT2D eigenvalue weighted by molar-refractivity contribution is 7.13. The Hall–Kier alpha value is -2.93. The van der Waals surface area contributed by atoms with Crippen LogP contribution in [0.4, 0.5) is 0 Å². The lowest BCUT2D eigenvalue weighted by atomic mass is 10.1. The standard InChI is InChI=1S/C17H12O6S/c1-9(18)21-13-6-5-11-8-12(14-4-3-7-24-14)17(20)23-15(11)16(13)22-10(2)19/h3-8H,1-2H3. The topological polar surface area (TPSA) is 82.8 Å². The molecule has 24 heavy (non-hydrogen) atoms. The van der Waals surface area contributed by atoms with Gasteiger partial charge in [0.05, 0.1) is 5.56 Å². The van der Waals surface area contributed by atoms with E-state index in [1.54, 1.807) is 12.1 Å². The van der Waals surface area contributed by atoms with E-state index < -0.39 is 17.6 Å². The average Bonchev–Trinajstić information content (AvgIpc) is 3.02. The molecular weight excluding hydrogens is 332 g/mol. The van der Waals surface area contributed by atoms with E-state index >= 15 is 0 Å². The number of fused-ring (bicyclic) bond motifs is 1. The van der Waals surface area contributed by atoms with Gasteiger partial charge in [0.15, 0.2) is 11.3 Å². The van der Waals surface area contributed by atoms with Gasteiger partial charge in [-0.3, -0.25) is 9.59 Å². The van der Waals surface area contributed by atoms with Crippen LogP contribution >= 0.6 is 11.3 Å². The predicted molar refractivity (Wildman–Crippen MR) is 88.4 cm³/mol. The number of rotatable bonds is 3. The zero-order valence-electron chi connectivity index (χ0n) is 12.8. The molecule has 2 heterocycles. The van der Waals surface area contributed by atoms with Crippen molar-refractivity contribution in [3.05, 3.63) is 46.1 Å². The molecule has 0 unspecified atom stereocenters. The first-order valence-electron chi connectivity index (χ1n) is 6.97. The lowest BCUT2D eigenvalue weighted by Crippen LogP contribution is -2.09. The molecule has 0 aliphatic carbocycles. The molecule has 6 nitrogen and oxygen atoms in total. The van der Waals surface area contributed by atoms with Crippen LogP contribution in [-0.2, 0) is 9.59 Å². The molecule has 0 aliphatic rings. The van der Waals surface area contributed by atoms with Gasteiger partial charge in [0.25, 0.3) is 0 Å². The number of hydrogen-bond donors (Lipinski definition) is 0. The average molecular weight is 344 g/mol. The van der Waals surface area contributed by atoms with Crippen LogP contribution in [0.3, 0.4) is 0 Å². The molecule has 2 aromatic heterocycles. The minimum absolute atomic E-state index is 0.0113. The summed E-state index contributed by atoms with van der Waals surface area (Å²) in [6.45, 7) is 2.42. The molecule has 122 valence electrons. The van der Waals surface area contributed by atoms with Crippen molar-refractivity contribution in [2.24, 2.45) is 0 Å². The first kappa shape index (κ1) is 15.9. The summed E-state index contributed by atoms with van der Waals surface area (Å²) in [4.78, 5) is 35.6. The summed E-state index contributed by atoms with van der Waals surface area (Å²) in [6.07, 6.45) is 0. The Morgan fingerprint density at radius 3 is 2.46 bits per heavy atom. The maximum atomic E-state index is 12.3. The van der Waals surface area contributed by atoms with Crippen molar-refractivity contribution >= 4 is 34.2 Å². The van der Waals surface area contributed by atoms with Gasteiger partial charge in [-0.1, -0.05) is 6.07 Å². The van der Waals surface area contributed by atoms with Gasteiger partial charge >= 0.3 is 17.6 Å². The Bertz CT molecular complexity index is 984. The van der Waals surface area contributed by atoms with Crippen LogP contribution in [0.25, 0.3) is 21.4 Å². The summed E-state index contributed by atoms with van der Waals surface area (Å²) in [7, 11) is 0.